The highest BCUT2D eigenvalue weighted by Crippen LogP contribution is 2.34. The molecule has 0 radical (unpaired) electrons. The van der Waals surface area contributed by atoms with E-state index < -0.39 is 0 Å². The molecule has 0 aliphatic carbocycles. The predicted octanol–water partition coefficient (Wildman–Crippen LogP) is 4.59. The molecule has 1 saturated heterocycles. The summed E-state index contributed by atoms with van der Waals surface area (Å²) in [6, 6.07) is 18.9. The van der Waals surface area contributed by atoms with Crippen LogP contribution >= 0.6 is 0 Å². The number of likely N-dealkylation sites (tertiary alicyclic amines) is 1. The van der Waals surface area contributed by atoms with Crippen LogP contribution in [0.1, 0.15) is 58.0 Å². The van der Waals surface area contributed by atoms with Crippen LogP contribution in [0, 0.1) is 0 Å². The Hall–Kier alpha value is -3.67. The van der Waals surface area contributed by atoms with Crippen molar-refractivity contribution in [3.05, 3.63) is 77.4 Å². The van der Waals surface area contributed by atoms with Crippen molar-refractivity contribution in [3.63, 3.8) is 0 Å². The fraction of sp³-hybridized carbons (Fsp3) is 0.296. The number of ether oxygens (including phenoxy) is 1. The lowest BCUT2D eigenvalue weighted by molar-refractivity contribution is -0.132. The number of methoxy groups -OCH3 is 1. The van der Waals surface area contributed by atoms with E-state index in [0.29, 0.717) is 24.0 Å². The monoisotopic (exact) mass is 442 g/mol. The number of rotatable bonds is 6. The van der Waals surface area contributed by atoms with Gasteiger partial charge in [-0.25, -0.2) is 0 Å². The molecule has 0 N–H and O–H groups in total. The van der Waals surface area contributed by atoms with E-state index in [1.807, 2.05) is 53.4 Å². The number of hydrogen-bond donors (Lipinski definition) is 0. The summed E-state index contributed by atoms with van der Waals surface area (Å²) in [4.78, 5) is 42.3. The molecule has 5 rings (SSSR count). The maximum atomic E-state index is 13.0. The fourth-order valence-electron chi connectivity index (χ4n) is 5.05. The van der Waals surface area contributed by atoms with Gasteiger partial charge >= 0.3 is 0 Å². The van der Waals surface area contributed by atoms with Gasteiger partial charge < -0.3 is 9.64 Å². The average Bonchev–Trinajstić information content (AvgIpc) is 3.34. The van der Waals surface area contributed by atoms with Crippen molar-refractivity contribution < 1.29 is 19.1 Å². The Balaban J connectivity index is 1.25. The van der Waals surface area contributed by atoms with Crippen LogP contribution in [0.4, 0.5) is 0 Å². The van der Waals surface area contributed by atoms with Crippen LogP contribution < -0.4 is 4.74 Å². The molecule has 1 fully saturated rings. The van der Waals surface area contributed by atoms with Gasteiger partial charge in [0.15, 0.2) is 0 Å². The van der Waals surface area contributed by atoms with Gasteiger partial charge in [0, 0.05) is 36.0 Å². The number of benzene rings is 3. The standard InChI is InChI=1S/C27H26N2O4/c1-33-20-14-12-18(13-15-20)23-10-4-16-28(23)24(30)11-5-17-29-26(31)21-8-2-6-19-7-3-9-22(25(19)21)27(29)32/h2-3,6-9,12-15,23H,4-5,10-11,16-17H2,1H3/t23-/m1/s1. The molecule has 0 spiro atoms. The highest BCUT2D eigenvalue weighted by molar-refractivity contribution is 6.25. The second-order valence-electron chi connectivity index (χ2n) is 8.59. The summed E-state index contributed by atoms with van der Waals surface area (Å²) in [7, 11) is 1.64. The van der Waals surface area contributed by atoms with Crippen molar-refractivity contribution in [1.29, 1.82) is 0 Å². The molecule has 0 bridgehead atoms. The third-order valence-corrected chi connectivity index (χ3v) is 6.70. The van der Waals surface area contributed by atoms with Crippen LogP contribution in [0.2, 0.25) is 0 Å². The average molecular weight is 443 g/mol. The third-order valence-electron chi connectivity index (χ3n) is 6.70. The van der Waals surface area contributed by atoms with E-state index in [0.717, 1.165) is 41.5 Å². The number of hydrogen-bond acceptors (Lipinski definition) is 4. The topological polar surface area (TPSA) is 66.9 Å². The van der Waals surface area contributed by atoms with E-state index in [-0.39, 0.29) is 30.3 Å². The molecule has 6 nitrogen and oxygen atoms in total. The van der Waals surface area contributed by atoms with E-state index in [9.17, 15) is 14.4 Å². The lowest BCUT2D eigenvalue weighted by Gasteiger charge is -2.28. The van der Waals surface area contributed by atoms with E-state index >= 15 is 0 Å². The van der Waals surface area contributed by atoms with Gasteiger partial charge in [-0.1, -0.05) is 36.4 Å². The molecule has 3 aromatic carbocycles. The first-order valence-corrected chi connectivity index (χ1v) is 11.4. The molecule has 3 amide bonds. The van der Waals surface area contributed by atoms with Gasteiger partial charge in [0.05, 0.1) is 13.2 Å². The van der Waals surface area contributed by atoms with E-state index in [2.05, 4.69) is 0 Å². The van der Waals surface area contributed by atoms with Crippen molar-refractivity contribution >= 4 is 28.5 Å². The van der Waals surface area contributed by atoms with E-state index in [1.54, 1.807) is 19.2 Å². The van der Waals surface area contributed by atoms with Crippen molar-refractivity contribution in [2.24, 2.45) is 0 Å². The molecule has 6 heteroatoms. The molecular formula is C27H26N2O4. The van der Waals surface area contributed by atoms with Crippen LogP contribution in [0.5, 0.6) is 5.75 Å². The lowest BCUT2D eigenvalue weighted by atomic mass is 9.94. The van der Waals surface area contributed by atoms with E-state index in [4.69, 9.17) is 4.74 Å². The number of imide groups is 1. The van der Waals surface area contributed by atoms with Gasteiger partial charge in [-0.2, -0.15) is 0 Å². The Morgan fingerprint density at radius 3 is 2.27 bits per heavy atom. The zero-order valence-corrected chi connectivity index (χ0v) is 18.6. The number of carbonyl (C=O) groups is 3. The van der Waals surface area contributed by atoms with Gasteiger partial charge in [0.2, 0.25) is 5.91 Å². The second kappa shape index (κ2) is 8.70. The van der Waals surface area contributed by atoms with Gasteiger partial charge in [0.1, 0.15) is 5.75 Å². The first-order chi connectivity index (χ1) is 16.1. The molecule has 2 aliphatic rings. The SMILES string of the molecule is COc1ccc([C@H]2CCCN2C(=O)CCCN2C(=O)c3cccc4cccc(c34)C2=O)cc1. The summed E-state index contributed by atoms with van der Waals surface area (Å²) in [5.41, 5.74) is 2.20. The summed E-state index contributed by atoms with van der Waals surface area (Å²) in [6.07, 6.45) is 2.64. The van der Waals surface area contributed by atoms with Crippen molar-refractivity contribution in [3.8, 4) is 5.75 Å². The van der Waals surface area contributed by atoms with Crippen LogP contribution in [0.15, 0.2) is 60.7 Å². The Labute approximate surface area is 192 Å². The summed E-state index contributed by atoms with van der Waals surface area (Å²) in [5.74, 6) is 0.290. The van der Waals surface area contributed by atoms with Crippen molar-refractivity contribution in [1.82, 2.24) is 9.80 Å². The largest absolute Gasteiger partial charge is 0.497 e. The molecular weight excluding hydrogens is 416 g/mol. The number of nitrogens with zero attached hydrogens (tertiary/aromatic N) is 2. The molecule has 33 heavy (non-hydrogen) atoms. The van der Waals surface area contributed by atoms with Crippen LogP contribution in [-0.2, 0) is 4.79 Å². The van der Waals surface area contributed by atoms with Crippen LogP contribution in [0.3, 0.4) is 0 Å². The molecule has 0 unspecified atom stereocenters. The van der Waals surface area contributed by atoms with Gasteiger partial charge in [-0.15, -0.1) is 0 Å². The van der Waals surface area contributed by atoms with Crippen LogP contribution in [-0.4, -0.2) is 47.7 Å². The Morgan fingerprint density at radius 1 is 0.970 bits per heavy atom. The van der Waals surface area contributed by atoms with Crippen molar-refractivity contribution in [2.75, 3.05) is 20.2 Å². The smallest absolute Gasteiger partial charge is 0.261 e. The maximum Gasteiger partial charge on any atom is 0.261 e. The Kier molecular flexibility index (Phi) is 5.58. The van der Waals surface area contributed by atoms with Crippen LogP contribution in [0.25, 0.3) is 10.8 Å². The zero-order chi connectivity index (χ0) is 22.9. The molecule has 3 aromatic rings. The van der Waals surface area contributed by atoms with E-state index in [1.165, 1.54) is 4.90 Å². The molecule has 168 valence electrons. The van der Waals surface area contributed by atoms with Gasteiger partial charge in [0.25, 0.3) is 11.8 Å². The molecule has 2 aliphatic heterocycles. The molecule has 2 heterocycles. The molecule has 0 aromatic heterocycles. The minimum Gasteiger partial charge on any atom is -0.497 e. The number of amides is 3. The van der Waals surface area contributed by atoms with Gasteiger partial charge in [-0.3, -0.25) is 19.3 Å². The van der Waals surface area contributed by atoms with Gasteiger partial charge in [-0.05, 0) is 54.5 Å². The maximum absolute atomic E-state index is 13.0. The minimum absolute atomic E-state index is 0.0612. The second-order valence-corrected chi connectivity index (χ2v) is 8.59. The molecule has 1 atom stereocenters. The van der Waals surface area contributed by atoms with Crippen molar-refractivity contribution in [2.45, 2.75) is 31.7 Å². The minimum atomic E-state index is -0.283. The Bertz CT molecular complexity index is 1180. The number of carbonyl (C=O) groups excluding carboxylic acids is 3. The highest BCUT2D eigenvalue weighted by Gasteiger charge is 2.33. The fourth-order valence-corrected chi connectivity index (χ4v) is 5.05. The summed E-state index contributed by atoms with van der Waals surface area (Å²) >= 11 is 0. The lowest BCUT2D eigenvalue weighted by Crippen LogP contribution is -2.41. The Morgan fingerprint density at radius 2 is 1.64 bits per heavy atom. The highest BCUT2D eigenvalue weighted by atomic mass is 16.5. The third kappa shape index (κ3) is 3.75. The summed E-state index contributed by atoms with van der Waals surface area (Å²) in [6.45, 7) is 0.960. The zero-order valence-electron chi connectivity index (χ0n) is 18.6. The predicted molar refractivity (Wildman–Crippen MR) is 125 cm³/mol. The summed E-state index contributed by atoms with van der Waals surface area (Å²) in [5, 5.41) is 1.61. The molecule has 0 saturated carbocycles. The quantitative estimate of drug-likeness (QED) is 0.524. The first kappa shape index (κ1) is 21.2. The normalized spacial score (nSPS) is 17.7. The first-order valence-electron chi connectivity index (χ1n) is 11.4. The summed E-state index contributed by atoms with van der Waals surface area (Å²) < 4.78 is 5.23.